The van der Waals surface area contributed by atoms with Crippen molar-refractivity contribution in [1.82, 2.24) is 0 Å². The van der Waals surface area contributed by atoms with Crippen molar-refractivity contribution >= 4 is 17.6 Å². The van der Waals surface area contributed by atoms with Gasteiger partial charge in [-0.3, -0.25) is 4.79 Å². The number of carbonyl (C=O) groups is 2. The summed E-state index contributed by atoms with van der Waals surface area (Å²) < 4.78 is 5.13. The first-order valence-corrected chi connectivity index (χ1v) is 7.94. The fourth-order valence-corrected chi connectivity index (χ4v) is 2.12. The number of anilines is 1. The molecular formula is C19H21NO4. The molecule has 0 unspecified atom stereocenters. The maximum atomic E-state index is 12.0. The minimum Gasteiger partial charge on any atom is -0.508 e. The smallest absolute Gasteiger partial charge is 0.338 e. The standard InChI is InChI=1S/C19H21NO4/c1-2-3-12-24-19(23)14-8-10-16(11-9-14)20-18(22)13-15-6-4-5-7-17(15)21/h4-11,21H,2-3,12-13H2,1H3,(H,20,22). The quantitative estimate of drug-likeness (QED) is 0.602. The third-order valence-corrected chi connectivity index (χ3v) is 3.48. The molecular weight excluding hydrogens is 306 g/mol. The molecule has 2 N–H and O–H groups in total. The van der Waals surface area contributed by atoms with Crippen LogP contribution in [0.1, 0.15) is 35.7 Å². The Balaban J connectivity index is 1.90. The third-order valence-electron chi connectivity index (χ3n) is 3.48. The monoisotopic (exact) mass is 327 g/mol. The Morgan fingerprint density at radius 1 is 1.08 bits per heavy atom. The van der Waals surface area contributed by atoms with Gasteiger partial charge in [-0.25, -0.2) is 4.79 Å². The van der Waals surface area contributed by atoms with Gasteiger partial charge in [0.05, 0.1) is 18.6 Å². The minimum absolute atomic E-state index is 0.0769. The summed E-state index contributed by atoms with van der Waals surface area (Å²) in [5.74, 6) is -0.511. The fraction of sp³-hybridized carbons (Fsp3) is 0.263. The zero-order valence-electron chi connectivity index (χ0n) is 13.6. The van der Waals surface area contributed by atoms with Crippen molar-refractivity contribution in [2.75, 3.05) is 11.9 Å². The SMILES string of the molecule is CCCCOC(=O)c1ccc(NC(=O)Cc2ccccc2O)cc1. The Hall–Kier alpha value is -2.82. The van der Waals surface area contributed by atoms with Gasteiger partial charge in [0.1, 0.15) is 5.75 Å². The molecule has 0 aromatic heterocycles. The molecule has 0 heterocycles. The lowest BCUT2D eigenvalue weighted by molar-refractivity contribution is -0.115. The van der Waals surface area contributed by atoms with Gasteiger partial charge in [0.25, 0.3) is 0 Å². The Bertz CT molecular complexity index is 695. The molecule has 0 fully saturated rings. The van der Waals surface area contributed by atoms with E-state index < -0.39 is 0 Å². The number of amides is 1. The van der Waals surface area contributed by atoms with E-state index in [0.29, 0.717) is 23.4 Å². The average molecular weight is 327 g/mol. The van der Waals surface area contributed by atoms with Crippen LogP contribution >= 0.6 is 0 Å². The lowest BCUT2D eigenvalue weighted by atomic mass is 10.1. The highest BCUT2D eigenvalue weighted by molar-refractivity contribution is 5.94. The van der Waals surface area contributed by atoms with E-state index in [1.165, 1.54) is 0 Å². The second-order valence-corrected chi connectivity index (χ2v) is 5.42. The van der Waals surface area contributed by atoms with E-state index in [1.807, 2.05) is 6.92 Å². The van der Waals surface area contributed by atoms with Crippen molar-refractivity contribution < 1.29 is 19.4 Å². The molecule has 0 aliphatic carbocycles. The molecule has 0 aliphatic rings. The van der Waals surface area contributed by atoms with Crippen LogP contribution in [0.4, 0.5) is 5.69 Å². The molecule has 24 heavy (non-hydrogen) atoms. The van der Waals surface area contributed by atoms with Gasteiger partial charge < -0.3 is 15.2 Å². The van der Waals surface area contributed by atoms with Crippen LogP contribution in [0.3, 0.4) is 0 Å². The maximum Gasteiger partial charge on any atom is 0.338 e. The molecule has 2 rings (SSSR count). The molecule has 2 aromatic rings. The average Bonchev–Trinajstić information content (AvgIpc) is 2.58. The fourth-order valence-electron chi connectivity index (χ4n) is 2.12. The Morgan fingerprint density at radius 3 is 2.46 bits per heavy atom. The van der Waals surface area contributed by atoms with Gasteiger partial charge in [-0.05, 0) is 36.8 Å². The number of aromatic hydroxyl groups is 1. The molecule has 5 heteroatoms. The molecule has 0 atom stereocenters. The molecule has 0 bridgehead atoms. The number of rotatable bonds is 7. The van der Waals surface area contributed by atoms with Gasteiger partial charge in [-0.1, -0.05) is 31.5 Å². The van der Waals surface area contributed by atoms with E-state index in [0.717, 1.165) is 12.8 Å². The van der Waals surface area contributed by atoms with Crippen LogP contribution in [0.25, 0.3) is 0 Å². The number of nitrogens with one attached hydrogen (secondary N) is 1. The topological polar surface area (TPSA) is 75.6 Å². The zero-order valence-corrected chi connectivity index (χ0v) is 13.6. The molecule has 0 aliphatic heterocycles. The first-order valence-electron chi connectivity index (χ1n) is 7.94. The highest BCUT2D eigenvalue weighted by Gasteiger charge is 2.09. The molecule has 0 radical (unpaired) electrons. The summed E-state index contributed by atoms with van der Waals surface area (Å²) in [5, 5.41) is 12.4. The summed E-state index contributed by atoms with van der Waals surface area (Å²) in [6.07, 6.45) is 1.88. The number of carbonyl (C=O) groups excluding carboxylic acids is 2. The molecule has 5 nitrogen and oxygen atoms in total. The van der Waals surface area contributed by atoms with E-state index in [9.17, 15) is 14.7 Å². The Labute approximate surface area is 141 Å². The van der Waals surface area contributed by atoms with Gasteiger partial charge >= 0.3 is 5.97 Å². The molecule has 126 valence electrons. The van der Waals surface area contributed by atoms with E-state index in [2.05, 4.69) is 5.32 Å². The lowest BCUT2D eigenvalue weighted by Gasteiger charge is -2.08. The van der Waals surface area contributed by atoms with Crippen LogP contribution in [-0.4, -0.2) is 23.6 Å². The van der Waals surface area contributed by atoms with E-state index in [-0.39, 0.29) is 24.0 Å². The van der Waals surface area contributed by atoms with E-state index >= 15 is 0 Å². The van der Waals surface area contributed by atoms with Crippen molar-refractivity contribution in [2.45, 2.75) is 26.2 Å². The highest BCUT2D eigenvalue weighted by Crippen LogP contribution is 2.17. The predicted octanol–water partition coefficient (Wildman–Crippen LogP) is 3.53. The number of phenols is 1. The number of para-hydroxylation sites is 1. The summed E-state index contributed by atoms with van der Waals surface area (Å²) >= 11 is 0. The summed E-state index contributed by atoms with van der Waals surface area (Å²) in [5.41, 5.74) is 1.59. The Kier molecular flexibility index (Phi) is 6.37. The van der Waals surface area contributed by atoms with Gasteiger partial charge in [-0.15, -0.1) is 0 Å². The number of ether oxygens (including phenoxy) is 1. The Morgan fingerprint density at radius 2 is 1.79 bits per heavy atom. The zero-order chi connectivity index (χ0) is 17.4. The number of benzene rings is 2. The molecule has 2 aromatic carbocycles. The van der Waals surface area contributed by atoms with Crippen LogP contribution in [0, 0.1) is 0 Å². The summed E-state index contributed by atoms with van der Waals surface area (Å²) in [6.45, 7) is 2.44. The van der Waals surface area contributed by atoms with Crippen molar-refractivity contribution in [2.24, 2.45) is 0 Å². The minimum atomic E-state index is -0.365. The predicted molar refractivity (Wildman–Crippen MR) is 92.1 cm³/mol. The first-order chi connectivity index (χ1) is 11.6. The normalized spacial score (nSPS) is 10.2. The lowest BCUT2D eigenvalue weighted by Crippen LogP contribution is -2.14. The van der Waals surface area contributed by atoms with E-state index in [1.54, 1.807) is 48.5 Å². The first kappa shape index (κ1) is 17.5. The second-order valence-electron chi connectivity index (χ2n) is 5.42. The number of hydrogen-bond donors (Lipinski definition) is 2. The van der Waals surface area contributed by atoms with Crippen molar-refractivity contribution in [3.8, 4) is 5.75 Å². The van der Waals surface area contributed by atoms with Crippen LogP contribution in [-0.2, 0) is 16.0 Å². The van der Waals surface area contributed by atoms with Crippen molar-refractivity contribution in [3.05, 3.63) is 59.7 Å². The van der Waals surface area contributed by atoms with Gasteiger partial charge in [0.15, 0.2) is 0 Å². The number of phenolic OH excluding ortho intramolecular Hbond substituents is 1. The third kappa shape index (κ3) is 5.12. The van der Waals surface area contributed by atoms with Crippen LogP contribution in [0.15, 0.2) is 48.5 Å². The number of esters is 1. The maximum absolute atomic E-state index is 12.0. The molecule has 0 saturated carbocycles. The van der Waals surface area contributed by atoms with E-state index in [4.69, 9.17) is 4.74 Å². The van der Waals surface area contributed by atoms with Gasteiger partial charge in [-0.2, -0.15) is 0 Å². The van der Waals surface area contributed by atoms with Crippen LogP contribution in [0.2, 0.25) is 0 Å². The summed E-state index contributed by atoms with van der Waals surface area (Å²) in [7, 11) is 0. The summed E-state index contributed by atoms with van der Waals surface area (Å²) in [4.78, 5) is 23.8. The van der Waals surface area contributed by atoms with Crippen LogP contribution < -0.4 is 5.32 Å². The largest absolute Gasteiger partial charge is 0.508 e. The van der Waals surface area contributed by atoms with Gasteiger partial charge in [0, 0.05) is 11.3 Å². The molecule has 0 saturated heterocycles. The van der Waals surface area contributed by atoms with Crippen molar-refractivity contribution in [1.29, 1.82) is 0 Å². The highest BCUT2D eigenvalue weighted by atomic mass is 16.5. The molecule has 1 amide bonds. The van der Waals surface area contributed by atoms with Crippen LogP contribution in [0.5, 0.6) is 5.75 Å². The second kappa shape index (κ2) is 8.72. The summed E-state index contributed by atoms with van der Waals surface area (Å²) in [6, 6.07) is 13.2. The van der Waals surface area contributed by atoms with Gasteiger partial charge in [0.2, 0.25) is 5.91 Å². The number of unbranched alkanes of at least 4 members (excludes halogenated alkanes) is 1. The number of hydrogen-bond acceptors (Lipinski definition) is 4. The molecule has 0 spiro atoms. The van der Waals surface area contributed by atoms with Crippen molar-refractivity contribution in [3.63, 3.8) is 0 Å².